The van der Waals surface area contributed by atoms with E-state index in [1.807, 2.05) is 33.7 Å². The van der Waals surface area contributed by atoms with Crippen LogP contribution in [0.15, 0.2) is 49.4 Å². The van der Waals surface area contributed by atoms with Crippen LogP contribution >= 0.6 is 0 Å². The molecule has 0 saturated carbocycles. The Balaban J connectivity index is 1.54. The van der Waals surface area contributed by atoms with Crippen molar-refractivity contribution in [2.45, 2.75) is 31.7 Å². The molecule has 9 heteroatoms. The lowest BCUT2D eigenvalue weighted by Gasteiger charge is -2.42. The molecule has 4 aromatic rings. The summed E-state index contributed by atoms with van der Waals surface area (Å²) >= 11 is 0. The molecule has 0 aromatic carbocycles. The Morgan fingerprint density at radius 1 is 1.14 bits per heavy atom. The van der Waals surface area contributed by atoms with Crippen LogP contribution in [-0.2, 0) is 5.54 Å². The van der Waals surface area contributed by atoms with E-state index >= 15 is 0 Å². The molecule has 0 spiro atoms. The van der Waals surface area contributed by atoms with Crippen molar-refractivity contribution in [2.75, 3.05) is 11.4 Å². The van der Waals surface area contributed by atoms with Crippen LogP contribution in [0.5, 0.6) is 0 Å². The number of rotatable bonds is 3. The molecule has 0 radical (unpaired) electrons. The first-order valence-corrected chi connectivity index (χ1v) is 9.81. The van der Waals surface area contributed by atoms with E-state index in [-0.39, 0.29) is 5.54 Å². The minimum Gasteiger partial charge on any atom is -0.342 e. The molecule has 1 atom stereocenters. The maximum atomic E-state index is 5.00. The quantitative estimate of drug-likeness (QED) is 0.535. The van der Waals surface area contributed by atoms with Gasteiger partial charge in [0, 0.05) is 36.9 Å². The summed E-state index contributed by atoms with van der Waals surface area (Å²) in [6.07, 6.45) is 13.9. The fraction of sp³-hybridized carbons (Fsp3) is 0.300. The van der Waals surface area contributed by atoms with Gasteiger partial charge in [-0.3, -0.25) is 14.1 Å². The summed E-state index contributed by atoms with van der Waals surface area (Å²) in [5, 5.41) is 8.65. The zero-order chi connectivity index (χ0) is 19.4. The van der Waals surface area contributed by atoms with Gasteiger partial charge in [0.25, 0.3) is 0 Å². The fourth-order valence-corrected chi connectivity index (χ4v) is 4.69. The van der Waals surface area contributed by atoms with Crippen LogP contribution in [0.1, 0.15) is 32.0 Å². The molecule has 29 heavy (non-hydrogen) atoms. The third-order valence-electron chi connectivity index (χ3n) is 6.07. The van der Waals surface area contributed by atoms with Gasteiger partial charge in [-0.2, -0.15) is 4.98 Å². The number of nitrogens with zero attached hydrogens (tertiary/aromatic N) is 9. The molecule has 6 heterocycles. The van der Waals surface area contributed by atoms with E-state index in [4.69, 9.17) is 4.98 Å². The molecule has 144 valence electrons. The Morgan fingerprint density at radius 3 is 2.97 bits per heavy atom. The second kappa shape index (κ2) is 5.94. The van der Waals surface area contributed by atoms with E-state index in [1.165, 1.54) is 0 Å². The standard InChI is InChI=1S/C20H19N9/c1-2-20-6-4-9-29(20)17-15(28-13-24-26-18(20)28)12-23-19(25-17)27-10-8-22-16(27)14-5-3-7-21-11-14/h3,5,7-8,10-13H,2,4,6,9H2,1H3. The largest absolute Gasteiger partial charge is 0.342 e. The SMILES string of the molecule is CCC12CCCN1c1nc(-n3ccnc3-c3cccnc3)ncc1-n1cnnc12. The summed E-state index contributed by atoms with van der Waals surface area (Å²) in [7, 11) is 0. The minimum absolute atomic E-state index is 0.157. The monoisotopic (exact) mass is 385 g/mol. The van der Waals surface area contributed by atoms with Crippen molar-refractivity contribution in [3.63, 3.8) is 0 Å². The second-order valence-corrected chi connectivity index (χ2v) is 7.41. The van der Waals surface area contributed by atoms with E-state index in [0.717, 1.165) is 54.5 Å². The van der Waals surface area contributed by atoms with Gasteiger partial charge in [0.15, 0.2) is 11.6 Å². The smallest absolute Gasteiger partial charge is 0.237 e. The Bertz CT molecular complexity index is 1200. The number of anilines is 1. The van der Waals surface area contributed by atoms with Crippen molar-refractivity contribution < 1.29 is 0 Å². The lowest BCUT2D eigenvalue weighted by molar-refractivity contribution is 0.382. The molecule has 0 bridgehead atoms. The predicted molar refractivity (Wildman–Crippen MR) is 106 cm³/mol. The van der Waals surface area contributed by atoms with E-state index in [9.17, 15) is 0 Å². The third kappa shape index (κ3) is 2.15. The van der Waals surface area contributed by atoms with Gasteiger partial charge in [-0.25, -0.2) is 9.97 Å². The van der Waals surface area contributed by atoms with E-state index in [1.54, 1.807) is 24.9 Å². The van der Waals surface area contributed by atoms with E-state index in [2.05, 4.69) is 37.0 Å². The van der Waals surface area contributed by atoms with Gasteiger partial charge in [-0.15, -0.1) is 10.2 Å². The highest BCUT2D eigenvalue weighted by Gasteiger charge is 2.49. The van der Waals surface area contributed by atoms with Crippen LogP contribution in [0.3, 0.4) is 0 Å². The molecule has 9 nitrogen and oxygen atoms in total. The first-order valence-electron chi connectivity index (χ1n) is 9.81. The third-order valence-corrected chi connectivity index (χ3v) is 6.07. The van der Waals surface area contributed by atoms with Crippen molar-refractivity contribution >= 4 is 5.82 Å². The van der Waals surface area contributed by atoms with E-state index < -0.39 is 0 Å². The average Bonchev–Trinajstić information content (AvgIpc) is 3.53. The molecule has 0 amide bonds. The van der Waals surface area contributed by atoms with Crippen LogP contribution in [-0.4, -0.2) is 45.8 Å². The second-order valence-electron chi connectivity index (χ2n) is 7.41. The zero-order valence-corrected chi connectivity index (χ0v) is 16.0. The summed E-state index contributed by atoms with van der Waals surface area (Å²) < 4.78 is 3.95. The molecule has 2 aliphatic rings. The van der Waals surface area contributed by atoms with Crippen LogP contribution in [0.4, 0.5) is 5.82 Å². The van der Waals surface area contributed by atoms with Gasteiger partial charge < -0.3 is 4.90 Å². The molecule has 4 aromatic heterocycles. The predicted octanol–water partition coefficient (Wildman–Crippen LogP) is 2.52. The first-order chi connectivity index (χ1) is 14.3. The summed E-state index contributed by atoms with van der Waals surface area (Å²) in [5.74, 6) is 3.27. The number of pyridine rings is 1. The molecule has 0 N–H and O–H groups in total. The first kappa shape index (κ1) is 16.3. The Morgan fingerprint density at radius 2 is 2.10 bits per heavy atom. The van der Waals surface area contributed by atoms with Crippen LogP contribution in [0.25, 0.3) is 23.0 Å². The van der Waals surface area contributed by atoms with Crippen molar-refractivity contribution in [3.8, 4) is 23.0 Å². The lowest BCUT2D eigenvalue weighted by Crippen LogP contribution is -2.46. The summed E-state index contributed by atoms with van der Waals surface area (Å²) in [5.41, 5.74) is 1.68. The Labute approximate surface area is 167 Å². The molecule has 1 unspecified atom stereocenters. The van der Waals surface area contributed by atoms with Crippen LogP contribution < -0.4 is 4.90 Å². The van der Waals surface area contributed by atoms with Crippen molar-refractivity contribution in [3.05, 3.63) is 55.3 Å². The number of hydrogen-bond donors (Lipinski definition) is 0. The van der Waals surface area contributed by atoms with Crippen LogP contribution in [0.2, 0.25) is 0 Å². The van der Waals surface area contributed by atoms with Crippen LogP contribution in [0, 0.1) is 0 Å². The van der Waals surface area contributed by atoms with Gasteiger partial charge in [0.05, 0.1) is 6.20 Å². The van der Waals surface area contributed by atoms with Gasteiger partial charge >= 0.3 is 0 Å². The van der Waals surface area contributed by atoms with Crippen molar-refractivity contribution in [2.24, 2.45) is 0 Å². The lowest BCUT2D eigenvalue weighted by atomic mass is 9.90. The summed E-state index contributed by atoms with van der Waals surface area (Å²) in [4.78, 5) is 20.7. The molecule has 2 aliphatic heterocycles. The zero-order valence-electron chi connectivity index (χ0n) is 16.0. The maximum absolute atomic E-state index is 5.00. The summed E-state index contributed by atoms with van der Waals surface area (Å²) in [6, 6.07) is 3.88. The number of imidazole rings is 1. The number of aromatic nitrogens is 8. The van der Waals surface area contributed by atoms with Crippen molar-refractivity contribution in [1.29, 1.82) is 0 Å². The average molecular weight is 385 g/mol. The highest BCUT2D eigenvalue weighted by molar-refractivity contribution is 5.65. The molecule has 1 fully saturated rings. The normalized spacial score (nSPS) is 19.7. The molecular formula is C20H19N9. The fourth-order valence-electron chi connectivity index (χ4n) is 4.69. The Hall–Kier alpha value is -3.62. The highest BCUT2D eigenvalue weighted by atomic mass is 15.4. The maximum Gasteiger partial charge on any atom is 0.237 e. The van der Waals surface area contributed by atoms with Gasteiger partial charge in [0.1, 0.15) is 23.4 Å². The highest BCUT2D eigenvalue weighted by Crippen LogP contribution is 2.48. The minimum atomic E-state index is -0.157. The molecular weight excluding hydrogens is 366 g/mol. The van der Waals surface area contributed by atoms with Gasteiger partial charge in [-0.05, 0) is 31.4 Å². The van der Waals surface area contributed by atoms with Crippen molar-refractivity contribution in [1.82, 2.24) is 39.3 Å². The van der Waals surface area contributed by atoms with E-state index in [0.29, 0.717) is 5.95 Å². The Kier molecular flexibility index (Phi) is 3.35. The summed E-state index contributed by atoms with van der Waals surface area (Å²) in [6.45, 7) is 3.16. The molecule has 1 saturated heterocycles. The number of hydrogen-bond acceptors (Lipinski definition) is 7. The van der Waals surface area contributed by atoms with Gasteiger partial charge in [-0.1, -0.05) is 6.92 Å². The topological polar surface area (TPSA) is 90.4 Å². The molecule has 0 aliphatic carbocycles. The molecule has 6 rings (SSSR count). The van der Waals surface area contributed by atoms with Gasteiger partial charge in [0.2, 0.25) is 5.95 Å². The number of fused-ring (bicyclic) bond motifs is 6.